The Morgan fingerprint density at radius 3 is 2.25 bits per heavy atom. The zero-order chi connectivity index (χ0) is 15.1. The minimum Gasteiger partial charge on any atom is -0.381 e. The van der Waals surface area contributed by atoms with E-state index in [1.807, 2.05) is 0 Å². The molecule has 1 aromatic carbocycles. The number of ether oxygens (including phenoxy) is 1. The summed E-state index contributed by atoms with van der Waals surface area (Å²) < 4.78 is 5.84. The van der Waals surface area contributed by atoms with E-state index >= 15 is 0 Å². The Balaban J connectivity index is 2.17. The molecule has 1 aromatic rings. The molecule has 20 heavy (non-hydrogen) atoms. The summed E-state index contributed by atoms with van der Waals surface area (Å²) in [4.78, 5) is 0. The predicted molar refractivity (Wildman–Crippen MR) is 86.8 cm³/mol. The van der Waals surface area contributed by atoms with Gasteiger partial charge in [0.05, 0.1) is 6.61 Å². The second-order valence-corrected chi connectivity index (χ2v) is 7.62. The van der Waals surface area contributed by atoms with Gasteiger partial charge in [0.2, 0.25) is 0 Å². The monoisotopic (exact) mass is 277 g/mol. The van der Waals surface area contributed by atoms with Crippen molar-refractivity contribution in [2.75, 3.05) is 19.8 Å². The molecule has 0 saturated carbocycles. The van der Waals surface area contributed by atoms with Gasteiger partial charge in [-0.2, -0.15) is 0 Å². The number of benzene rings is 1. The summed E-state index contributed by atoms with van der Waals surface area (Å²) in [6, 6.07) is 10.5. The lowest BCUT2D eigenvalue weighted by molar-refractivity contribution is 0.0477. The van der Waals surface area contributed by atoms with E-state index < -0.39 is 0 Å². The van der Waals surface area contributed by atoms with Gasteiger partial charge in [-0.25, -0.2) is 0 Å². The van der Waals surface area contributed by atoms with Crippen molar-refractivity contribution >= 4 is 0 Å². The van der Waals surface area contributed by atoms with Crippen molar-refractivity contribution in [1.29, 1.82) is 0 Å². The summed E-state index contributed by atoms with van der Waals surface area (Å²) in [5, 5.41) is 3.52. The van der Waals surface area contributed by atoms with E-state index in [2.05, 4.69) is 70.3 Å². The SMILES string of the molecule is CC(C)(C)CCOCC(C)(C)CNCc1ccccc1. The zero-order valence-corrected chi connectivity index (χ0v) is 13.8. The van der Waals surface area contributed by atoms with Crippen molar-refractivity contribution in [3.8, 4) is 0 Å². The van der Waals surface area contributed by atoms with Gasteiger partial charge in [0, 0.05) is 25.1 Å². The highest BCUT2D eigenvalue weighted by atomic mass is 16.5. The topological polar surface area (TPSA) is 21.3 Å². The highest BCUT2D eigenvalue weighted by molar-refractivity contribution is 5.14. The number of hydrogen-bond donors (Lipinski definition) is 1. The molecule has 2 heteroatoms. The molecule has 0 aliphatic heterocycles. The summed E-state index contributed by atoms with van der Waals surface area (Å²) in [6.45, 7) is 14.8. The summed E-state index contributed by atoms with van der Waals surface area (Å²) >= 11 is 0. The summed E-state index contributed by atoms with van der Waals surface area (Å²) in [7, 11) is 0. The first-order valence-electron chi connectivity index (χ1n) is 7.61. The maximum atomic E-state index is 5.84. The molecule has 0 unspecified atom stereocenters. The van der Waals surface area contributed by atoms with Crippen LogP contribution >= 0.6 is 0 Å². The fraction of sp³-hybridized carbons (Fsp3) is 0.667. The molecule has 0 aliphatic rings. The van der Waals surface area contributed by atoms with Crippen LogP contribution in [0.4, 0.5) is 0 Å². The van der Waals surface area contributed by atoms with Crippen LogP contribution in [0.15, 0.2) is 30.3 Å². The van der Waals surface area contributed by atoms with Gasteiger partial charge in [-0.3, -0.25) is 0 Å². The summed E-state index contributed by atoms with van der Waals surface area (Å²) in [6.07, 6.45) is 1.11. The van der Waals surface area contributed by atoms with Crippen LogP contribution in [-0.2, 0) is 11.3 Å². The fourth-order valence-corrected chi connectivity index (χ4v) is 1.92. The summed E-state index contributed by atoms with van der Waals surface area (Å²) in [5.41, 5.74) is 1.86. The Bertz CT molecular complexity index is 365. The molecule has 2 nitrogen and oxygen atoms in total. The molecule has 0 bridgehead atoms. The molecule has 0 radical (unpaired) electrons. The van der Waals surface area contributed by atoms with E-state index in [0.717, 1.165) is 32.7 Å². The molecule has 114 valence electrons. The average Bonchev–Trinajstić information content (AvgIpc) is 2.35. The maximum Gasteiger partial charge on any atom is 0.0529 e. The number of rotatable bonds is 8. The zero-order valence-electron chi connectivity index (χ0n) is 13.8. The van der Waals surface area contributed by atoms with E-state index in [1.54, 1.807) is 0 Å². The highest BCUT2D eigenvalue weighted by Gasteiger charge is 2.18. The lowest BCUT2D eigenvalue weighted by Crippen LogP contribution is -2.33. The Hall–Kier alpha value is -0.860. The molecule has 0 aromatic heterocycles. The van der Waals surface area contributed by atoms with Crippen molar-refractivity contribution in [3.05, 3.63) is 35.9 Å². The maximum absolute atomic E-state index is 5.84. The van der Waals surface area contributed by atoms with Crippen LogP contribution in [0.25, 0.3) is 0 Å². The third-order valence-corrected chi connectivity index (χ3v) is 3.26. The highest BCUT2D eigenvalue weighted by Crippen LogP contribution is 2.20. The quantitative estimate of drug-likeness (QED) is 0.717. The Kier molecular flexibility index (Phi) is 6.70. The van der Waals surface area contributed by atoms with Crippen LogP contribution in [-0.4, -0.2) is 19.8 Å². The second-order valence-electron chi connectivity index (χ2n) is 7.62. The molecular weight excluding hydrogens is 246 g/mol. The molecular formula is C18H31NO. The van der Waals surface area contributed by atoms with Crippen LogP contribution in [0.1, 0.15) is 46.6 Å². The minimum absolute atomic E-state index is 0.173. The van der Waals surface area contributed by atoms with Crippen LogP contribution in [0.3, 0.4) is 0 Å². The first-order chi connectivity index (χ1) is 9.29. The van der Waals surface area contributed by atoms with Crippen molar-refractivity contribution in [1.82, 2.24) is 5.32 Å². The lowest BCUT2D eigenvalue weighted by Gasteiger charge is -2.26. The van der Waals surface area contributed by atoms with Crippen LogP contribution in [0.5, 0.6) is 0 Å². The van der Waals surface area contributed by atoms with Gasteiger partial charge in [-0.15, -0.1) is 0 Å². The molecule has 0 atom stereocenters. The normalized spacial score (nSPS) is 12.7. The van der Waals surface area contributed by atoms with Gasteiger partial charge in [0.25, 0.3) is 0 Å². The molecule has 1 N–H and O–H groups in total. The number of nitrogens with one attached hydrogen (secondary N) is 1. The minimum atomic E-state index is 0.173. The van der Waals surface area contributed by atoms with Crippen LogP contribution in [0, 0.1) is 10.8 Å². The number of hydrogen-bond acceptors (Lipinski definition) is 2. The van der Waals surface area contributed by atoms with Crippen molar-refractivity contribution < 1.29 is 4.74 Å². The van der Waals surface area contributed by atoms with Crippen molar-refractivity contribution in [2.45, 2.75) is 47.6 Å². The van der Waals surface area contributed by atoms with E-state index in [-0.39, 0.29) is 5.41 Å². The Morgan fingerprint density at radius 2 is 1.65 bits per heavy atom. The Labute approximate surface area is 124 Å². The first kappa shape index (κ1) is 17.2. The smallest absolute Gasteiger partial charge is 0.0529 e. The first-order valence-corrected chi connectivity index (χ1v) is 7.61. The van der Waals surface area contributed by atoms with Crippen molar-refractivity contribution in [2.24, 2.45) is 10.8 Å². The summed E-state index contributed by atoms with van der Waals surface area (Å²) in [5.74, 6) is 0. The van der Waals surface area contributed by atoms with Gasteiger partial charge >= 0.3 is 0 Å². The largest absolute Gasteiger partial charge is 0.381 e. The van der Waals surface area contributed by atoms with Crippen LogP contribution < -0.4 is 5.32 Å². The van der Waals surface area contributed by atoms with Gasteiger partial charge in [0.15, 0.2) is 0 Å². The van der Waals surface area contributed by atoms with Gasteiger partial charge in [0.1, 0.15) is 0 Å². The fourth-order valence-electron chi connectivity index (χ4n) is 1.92. The van der Waals surface area contributed by atoms with Crippen molar-refractivity contribution in [3.63, 3.8) is 0 Å². The van der Waals surface area contributed by atoms with E-state index in [0.29, 0.717) is 5.41 Å². The molecule has 0 amide bonds. The van der Waals surface area contributed by atoms with E-state index in [9.17, 15) is 0 Å². The van der Waals surface area contributed by atoms with Gasteiger partial charge < -0.3 is 10.1 Å². The van der Waals surface area contributed by atoms with Crippen LogP contribution in [0.2, 0.25) is 0 Å². The molecule has 0 fully saturated rings. The van der Waals surface area contributed by atoms with E-state index in [4.69, 9.17) is 4.74 Å². The molecule has 1 rings (SSSR count). The molecule has 0 saturated heterocycles. The lowest BCUT2D eigenvalue weighted by atomic mass is 9.92. The second kappa shape index (κ2) is 7.80. The Morgan fingerprint density at radius 1 is 1.00 bits per heavy atom. The molecule has 0 heterocycles. The predicted octanol–water partition coefficient (Wildman–Crippen LogP) is 4.26. The standard InChI is InChI=1S/C18H31NO/c1-17(2,3)11-12-20-15-18(4,5)14-19-13-16-9-7-6-8-10-16/h6-10,19H,11-15H2,1-5H3. The molecule has 0 aliphatic carbocycles. The van der Waals surface area contributed by atoms with E-state index in [1.165, 1.54) is 5.56 Å². The van der Waals surface area contributed by atoms with Gasteiger partial charge in [-0.05, 0) is 17.4 Å². The third kappa shape index (κ3) is 8.34. The third-order valence-electron chi connectivity index (χ3n) is 3.26. The molecule has 0 spiro atoms. The average molecular weight is 277 g/mol. The van der Waals surface area contributed by atoms with Gasteiger partial charge in [-0.1, -0.05) is 65.0 Å².